The van der Waals surface area contributed by atoms with Gasteiger partial charge in [-0.25, -0.2) is 79.2 Å². The monoisotopic (exact) mass is 2000 g/mol. The minimum absolute atomic E-state index is 0. The number of hydrogen-bond donors (Lipinski definition) is 1. The molecule has 0 spiro atoms. The van der Waals surface area contributed by atoms with Crippen molar-refractivity contribution in [3.63, 3.8) is 0 Å². The Balaban J connectivity index is 0.000000204. The van der Waals surface area contributed by atoms with E-state index in [2.05, 4.69) is 105 Å². The van der Waals surface area contributed by atoms with Gasteiger partial charge in [0.15, 0.2) is 11.6 Å². The van der Waals surface area contributed by atoms with Crippen LogP contribution in [0.15, 0.2) is 184 Å². The minimum atomic E-state index is -0.762. The fourth-order valence-electron chi connectivity index (χ4n) is 15.9. The number of benzene rings is 3. The van der Waals surface area contributed by atoms with Crippen molar-refractivity contribution < 1.29 is 88.5 Å². The summed E-state index contributed by atoms with van der Waals surface area (Å²) >= 11 is 5.78. The van der Waals surface area contributed by atoms with Crippen molar-refractivity contribution >= 4 is 92.0 Å². The summed E-state index contributed by atoms with van der Waals surface area (Å²) in [6, 6.07) is 27.8. The van der Waals surface area contributed by atoms with E-state index >= 15 is 0 Å². The van der Waals surface area contributed by atoms with Crippen LogP contribution in [-0.4, -0.2) is 322 Å². The molecule has 143 heavy (non-hydrogen) atoms. The number of anilines is 5. The van der Waals surface area contributed by atoms with E-state index in [9.17, 15) is 29.1 Å². The van der Waals surface area contributed by atoms with E-state index in [1.165, 1.54) is 25.6 Å². The number of halogens is 2. The molecule has 0 aliphatic carbocycles. The predicted molar refractivity (Wildman–Crippen MR) is 534 cm³/mol. The molecule has 1 unspecified atom stereocenters. The number of aliphatic hydroxyl groups is 1. The number of morpholine rings is 3. The molecular formula is C98H124BCl2N29NaO12. The van der Waals surface area contributed by atoms with E-state index in [-0.39, 0.29) is 113 Å². The van der Waals surface area contributed by atoms with Crippen LogP contribution in [0, 0.1) is 0 Å². The first-order valence-electron chi connectivity index (χ1n) is 46.7. The van der Waals surface area contributed by atoms with E-state index in [1.54, 1.807) is 112 Å². The molecule has 18 rings (SSSR count). The van der Waals surface area contributed by atoms with Gasteiger partial charge in [-0.2, -0.15) is 25.3 Å². The Kier molecular flexibility index (Phi) is 40.6. The third-order valence-corrected chi connectivity index (χ3v) is 23.0. The molecule has 6 aliphatic heterocycles. The second-order valence-electron chi connectivity index (χ2n) is 37.1. The summed E-state index contributed by atoms with van der Waals surface area (Å²) < 4.78 is 39.5. The average molecular weight is 2000 g/mol. The topological polar surface area (TPSA) is 434 Å². The van der Waals surface area contributed by atoms with Gasteiger partial charge in [0.1, 0.15) is 59.4 Å². The molecule has 1 N–H and O–H groups in total. The molecular weight excluding hydrogens is 1880 g/mol. The maximum Gasteiger partial charge on any atom is 1.00 e. The van der Waals surface area contributed by atoms with E-state index < -0.39 is 22.9 Å². The van der Waals surface area contributed by atoms with Crippen molar-refractivity contribution in [2.45, 2.75) is 169 Å². The number of carbonyl (C=O) groups excluding carboxylic acids is 5. The van der Waals surface area contributed by atoms with Crippen LogP contribution in [0.25, 0.3) is 0 Å². The quantitative estimate of drug-likeness (QED) is 0.0366. The van der Waals surface area contributed by atoms with Crippen molar-refractivity contribution in [2.24, 2.45) is 0 Å². The van der Waals surface area contributed by atoms with Crippen LogP contribution in [0.1, 0.15) is 174 Å². The zero-order valence-electron chi connectivity index (χ0n) is 82.7. The Morgan fingerprint density at radius 1 is 0.385 bits per heavy atom. The SMILES string of the molecule is C.CC(C)(C)OC(=O)N1CCO[C@H](Cn2cc(Cc3ncnc(Cl)n3)cn2)C1.CC(C)(C)OC(=O)N1CCO[C@H](Cn2cc(Cc3ncnc(N4CCN(c5ncc(C(=O)c6ccccc6)cn5)CC4)n3)cn2)C1.CC(C)(C)OC(=O)N1CCO[C@H](Cn2cc(Cc3ncnc(N4CCN(c5ncc(C(O)c6ccccc6)cn5)CC4)n3)cn2)C1.Cl.O=C(c1ccccc1)c1cnc(N2CCCCC2)nc1.[B].[H-].[Na+]. The zero-order valence-corrected chi connectivity index (χ0v) is 85.3. The normalized spacial score (nSPS) is 16.8. The number of piperazine rings is 2. The van der Waals surface area contributed by atoms with Gasteiger partial charge in [-0.05, 0) is 115 Å². The first-order valence-corrected chi connectivity index (χ1v) is 47.1. The van der Waals surface area contributed by atoms with E-state index in [4.69, 9.17) is 50.0 Å². The molecule has 6 aliphatic rings. The molecule has 15 heterocycles. The van der Waals surface area contributed by atoms with Crippen LogP contribution >= 0.6 is 24.0 Å². The fraction of sp³-hybridized carbons (Fsp3) is 0.459. The van der Waals surface area contributed by atoms with Crippen molar-refractivity contribution in [1.29, 1.82) is 0 Å². The fourth-order valence-corrected chi connectivity index (χ4v) is 16.1. The Morgan fingerprint density at radius 3 is 1.03 bits per heavy atom. The van der Waals surface area contributed by atoms with E-state index in [0.29, 0.717) is 219 Å². The molecule has 0 bridgehead atoms. The first-order chi connectivity index (χ1) is 67.0. The van der Waals surface area contributed by atoms with E-state index in [1.807, 2.05) is 157 Å². The van der Waals surface area contributed by atoms with Crippen LogP contribution in [-0.2, 0) is 67.3 Å². The molecule has 751 valence electrons. The predicted octanol–water partition coefficient (Wildman–Crippen LogP) is 7.58. The molecule has 6 saturated heterocycles. The third-order valence-electron chi connectivity index (χ3n) is 22.8. The summed E-state index contributed by atoms with van der Waals surface area (Å²) in [4.78, 5) is 144. The van der Waals surface area contributed by atoms with Crippen LogP contribution in [0.5, 0.6) is 0 Å². The molecule has 3 radical (unpaired) electrons. The minimum Gasteiger partial charge on any atom is -1.00 e. The van der Waals surface area contributed by atoms with Gasteiger partial charge in [-0.15, -0.1) is 12.4 Å². The van der Waals surface area contributed by atoms with Crippen LogP contribution in [0.4, 0.5) is 44.1 Å². The third kappa shape index (κ3) is 33.1. The number of nitrogens with zero attached hydrogens (tertiary/aromatic N) is 29. The summed E-state index contributed by atoms with van der Waals surface area (Å²) in [6.45, 7) is 30.2. The molecule has 4 atom stereocenters. The summed E-state index contributed by atoms with van der Waals surface area (Å²) in [5.41, 5.74) is 5.04. The van der Waals surface area contributed by atoms with Crippen LogP contribution in [0.3, 0.4) is 0 Å². The second-order valence-corrected chi connectivity index (χ2v) is 37.5. The largest absolute Gasteiger partial charge is 1.00 e. The first kappa shape index (κ1) is 111. The number of ketones is 2. The van der Waals surface area contributed by atoms with Gasteiger partial charge >= 0.3 is 47.8 Å². The van der Waals surface area contributed by atoms with Gasteiger partial charge in [0.05, 0.1) is 107 Å². The Hall–Kier alpha value is -12.8. The van der Waals surface area contributed by atoms with Gasteiger partial charge in [-0.3, -0.25) is 23.6 Å². The number of hydrogen-bond acceptors (Lipinski definition) is 35. The Morgan fingerprint density at radius 2 is 0.692 bits per heavy atom. The Labute approximate surface area is 868 Å². The van der Waals surface area contributed by atoms with Gasteiger partial charge in [0, 0.05) is 185 Å². The van der Waals surface area contributed by atoms with Crippen LogP contribution in [0.2, 0.25) is 5.28 Å². The summed E-state index contributed by atoms with van der Waals surface area (Å²) in [5, 5.41) is 24.2. The van der Waals surface area contributed by atoms with Gasteiger partial charge in [-0.1, -0.05) is 98.4 Å². The van der Waals surface area contributed by atoms with Gasteiger partial charge in [0.2, 0.25) is 35.0 Å². The second kappa shape index (κ2) is 52.5. The molecule has 0 saturated carbocycles. The zero-order chi connectivity index (χ0) is 97.4. The van der Waals surface area contributed by atoms with Crippen molar-refractivity contribution in [1.82, 2.24) is 119 Å². The smallest absolute Gasteiger partial charge is 1.00 e. The molecule has 6 fully saturated rings. The molecule has 45 heteroatoms. The van der Waals surface area contributed by atoms with E-state index in [0.717, 1.165) is 41.3 Å². The van der Waals surface area contributed by atoms with Crippen molar-refractivity contribution in [3.05, 3.63) is 257 Å². The number of aromatic nitrogens is 21. The number of rotatable bonds is 23. The molecule has 9 aromatic heterocycles. The average Bonchev–Trinajstić information content (AvgIpc) is 1.44. The molecule has 3 amide bonds. The molecule has 3 aromatic carbocycles. The Bertz CT molecular complexity index is 6010. The maximum absolute atomic E-state index is 12.7. The summed E-state index contributed by atoms with van der Waals surface area (Å²) in [7, 11) is 0. The standard InChI is InChI=1S/C32H40N10O4.C32H38N10O4.C17H23ClN6O3.C16H17N3O.CH4.B.ClH.Na.H/c2*1-32(2,3)46-31(44)41-13-14-45-26(20-41)21-42-19-23(16-37-42)15-27-35-22-36-30(38-27)40-11-9-39(10-12-40)29-33-17-25(18-34-29)28(43)24-7-5-4-6-8-24;1-17(2,3)27-16(25)23-4-5-26-13(9-23)10-24-8-12(7-21-24)6-14-19-11-20-15(18)22-14;20-15(13-7-3-1-4-8-13)14-11-17-16(18-12-14)19-9-5-2-6-10-19;;;;;/h4-8,16-19,22,26,28,43H,9-15,20-21H2,1-3H3;4-8,16-19,22,26H,9-15,20-21H2,1-3H3;7-8,11,13H,4-6,9-10H2,1-3H3;1,3-4,7-8,11-12H,2,5-6,9-10H2;1H4;;1H;;/q;;;;;;;+1;-1/t26-,28?;26-;13-;;;;;;/m000....../s1. The maximum atomic E-state index is 12.7. The summed E-state index contributed by atoms with van der Waals surface area (Å²) in [6.07, 6.45) is 28.4. The van der Waals surface area contributed by atoms with Crippen molar-refractivity contribution in [3.8, 4) is 0 Å². The molecule has 41 nitrogen and oxygen atoms in total. The van der Waals surface area contributed by atoms with Gasteiger partial charge < -0.3 is 74.2 Å². The molecule has 12 aromatic rings. The number of piperidine rings is 1. The van der Waals surface area contributed by atoms with Gasteiger partial charge in [0.25, 0.3) is 0 Å². The number of ether oxygens (including phenoxy) is 6. The number of amides is 3. The van der Waals surface area contributed by atoms with Crippen LogP contribution < -0.4 is 54.1 Å². The van der Waals surface area contributed by atoms with Crippen molar-refractivity contribution in [2.75, 3.05) is 149 Å². The number of carbonyl (C=O) groups is 5. The summed E-state index contributed by atoms with van der Waals surface area (Å²) in [5.74, 6) is 4.98. The number of aliphatic hydroxyl groups excluding tert-OH is 1.